The molecule has 0 amide bonds. The van der Waals surface area contributed by atoms with E-state index in [-0.39, 0.29) is 12.1 Å². The van der Waals surface area contributed by atoms with Gasteiger partial charge in [0, 0.05) is 37.9 Å². The average Bonchev–Trinajstić information content (AvgIpc) is 3.31. The molecule has 1 fully saturated rings. The minimum Gasteiger partial charge on any atom is -0.351 e. The van der Waals surface area contributed by atoms with Crippen molar-refractivity contribution in [3.8, 4) is 5.69 Å². The van der Waals surface area contributed by atoms with Crippen LogP contribution < -0.4 is 10.2 Å². The van der Waals surface area contributed by atoms with Crippen LogP contribution in [0.2, 0.25) is 0 Å². The van der Waals surface area contributed by atoms with Crippen molar-refractivity contribution in [1.82, 2.24) is 14.9 Å². The number of benzene rings is 2. The van der Waals surface area contributed by atoms with Gasteiger partial charge in [-0.3, -0.25) is 4.98 Å². The van der Waals surface area contributed by atoms with Crippen molar-refractivity contribution in [3.05, 3.63) is 111 Å². The number of nitrogens with one attached hydrogen (secondary N) is 1. The van der Waals surface area contributed by atoms with E-state index in [2.05, 4.69) is 114 Å². The highest BCUT2D eigenvalue weighted by Gasteiger charge is 2.42. The van der Waals surface area contributed by atoms with Crippen LogP contribution in [0.25, 0.3) is 5.69 Å². The standard InChI is InChI=1S/C26H22Br2N4S/c1-16-15-22(17(2)31(16)20-10-6-18(27)7-11-20)25-24(23-5-3-4-14-29-23)30-26(33)32(25)21-12-8-19(28)9-13-21/h3-15,24-25H,1-2H3,(H,30,33)/t24-,25+/m1/s1. The van der Waals surface area contributed by atoms with Crippen molar-refractivity contribution in [2.24, 2.45) is 0 Å². The van der Waals surface area contributed by atoms with E-state index >= 15 is 0 Å². The molecule has 1 aliphatic rings. The molecule has 0 radical (unpaired) electrons. The summed E-state index contributed by atoms with van der Waals surface area (Å²) in [5.41, 5.74) is 6.75. The van der Waals surface area contributed by atoms with Crippen molar-refractivity contribution in [1.29, 1.82) is 0 Å². The topological polar surface area (TPSA) is 33.1 Å². The van der Waals surface area contributed by atoms with Gasteiger partial charge in [0.2, 0.25) is 0 Å². The molecule has 1 N–H and O–H groups in total. The second kappa shape index (κ2) is 9.05. The van der Waals surface area contributed by atoms with Gasteiger partial charge < -0.3 is 14.8 Å². The lowest BCUT2D eigenvalue weighted by molar-refractivity contribution is 0.565. The van der Waals surface area contributed by atoms with Crippen LogP contribution in [-0.2, 0) is 0 Å². The number of aromatic nitrogens is 2. The molecule has 5 rings (SSSR count). The molecule has 4 aromatic rings. The van der Waals surface area contributed by atoms with Crippen LogP contribution in [-0.4, -0.2) is 14.7 Å². The number of halogens is 2. The van der Waals surface area contributed by atoms with Gasteiger partial charge in [-0.25, -0.2) is 0 Å². The number of aryl methyl sites for hydroxylation is 1. The van der Waals surface area contributed by atoms with E-state index in [1.165, 1.54) is 17.0 Å². The molecule has 0 unspecified atom stereocenters. The van der Waals surface area contributed by atoms with Gasteiger partial charge in [0.25, 0.3) is 0 Å². The second-order valence-corrected chi connectivity index (χ2v) is 10.3. The van der Waals surface area contributed by atoms with E-state index in [0.717, 1.165) is 26.0 Å². The first-order valence-corrected chi connectivity index (χ1v) is 12.6. The fourth-order valence-corrected chi connectivity index (χ4v) is 5.50. The quantitative estimate of drug-likeness (QED) is 0.259. The molecule has 1 aliphatic heterocycles. The monoisotopic (exact) mass is 580 g/mol. The predicted molar refractivity (Wildman–Crippen MR) is 145 cm³/mol. The molecule has 2 aromatic carbocycles. The van der Waals surface area contributed by atoms with E-state index in [1.807, 2.05) is 30.5 Å². The molecule has 0 spiro atoms. The zero-order chi connectivity index (χ0) is 23.1. The normalized spacial score (nSPS) is 17.9. The molecular formula is C26H22Br2N4S. The summed E-state index contributed by atoms with van der Waals surface area (Å²) in [5, 5.41) is 4.25. The number of hydrogen-bond donors (Lipinski definition) is 1. The Labute approximate surface area is 215 Å². The van der Waals surface area contributed by atoms with Gasteiger partial charge in [-0.1, -0.05) is 37.9 Å². The molecule has 2 atom stereocenters. The third kappa shape index (κ3) is 4.14. The number of nitrogens with zero attached hydrogens (tertiary/aromatic N) is 3. The van der Waals surface area contributed by atoms with Gasteiger partial charge in [-0.15, -0.1) is 0 Å². The molecule has 7 heteroatoms. The Morgan fingerprint density at radius 2 is 1.52 bits per heavy atom. The van der Waals surface area contributed by atoms with Crippen molar-refractivity contribution in [3.63, 3.8) is 0 Å². The van der Waals surface area contributed by atoms with E-state index < -0.39 is 0 Å². The van der Waals surface area contributed by atoms with Crippen molar-refractivity contribution in [2.45, 2.75) is 25.9 Å². The van der Waals surface area contributed by atoms with Gasteiger partial charge in [0.05, 0.1) is 17.8 Å². The van der Waals surface area contributed by atoms with E-state index in [4.69, 9.17) is 12.2 Å². The van der Waals surface area contributed by atoms with Gasteiger partial charge in [0.15, 0.2) is 5.11 Å². The molecule has 166 valence electrons. The van der Waals surface area contributed by atoms with Crippen molar-refractivity contribution >= 4 is 54.9 Å². The average molecular weight is 582 g/mol. The Bertz CT molecular complexity index is 1300. The minimum absolute atomic E-state index is 0.0380. The van der Waals surface area contributed by atoms with E-state index in [0.29, 0.717) is 5.11 Å². The fraction of sp³-hybridized carbons (Fsp3) is 0.154. The van der Waals surface area contributed by atoms with Gasteiger partial charge in [-0.2, -0.15) is 0 Å². The third-order valence-corrected chi connectivity index (χ3v) is 7.45. The first-order valence-electron chi connectivity index (χ1n) is 10.6. The number of thiocarbonyl (C=S) groups is 1. The Kier molecular flexibility index (Phi) is 6.12. The van der Waals surface area contributed by atoms with E-state index in [1.54, 1.807) is 0 Å². The summed E-state index contributed by atoms with van der Waals surface area (Å²) in [7, 11) is 0. The van der Waals surface area contributed by atoms with Crippen molar-refractivity contribution in [2.75, 3.05) is 4.90 Å². The summed E-state index contributed by atoms with van der Waals surface area (Å²) in [6, 6.07) is 24.9. The maximum absolute atomic E-state index is 5.86. The molecular weight excluding hydrogens is 560 g/mol. The van der Waals surface area contributed by atoms with Crippen LogP contribution in [0.1, 0.15) is 34.7 Å². The van der Waals surface area contributed by atoms with Gasteiger partial charge in [0.1, 0.15) is 0 Å². The molecule has 3 heterocycles. The highest BCUT2D eigenvalue weighted by molar-refractivity contribution is 9.10. The lowest BCUT2D eigenvalue weighted by atomic mass is 9.96. The zero-order valence-corrected chi connectivity index (χ0v) is 22.2. The predicted octanol–water partition coefficient (Wildman–Crippen LogP) is 7.19. The van der Waals surface area contributed by atoms with Crippen LogP contribution in [0.3, 0.4) is 0 Å². The second-order valence-electron chi connectivity index (χ2n) is 8.11. The molecule has 1 saturated heterocycles. The highest BCUT2D eigenvalue weighted by atomic mass is 79.9. The number of anilines is 1. The van der Waals surface area contributed by atoms with Gasteiger partial charge in [-0.05, 0) is 98.4 Å². The van der Waals surface area contributed by atoms with Gasteiger partial charge >= 0.3 is 0 Å². The SMILES string of the molecule is Cc1cc([C@H]2[C@@H](c3ccccn3)NC(=S)N2c2ccc(Br)cc2)c(C)n1-c1ccc(Br)cc1. The maximum atomic E-state index is 5.86. The first kappa shape index (κ1) is 22.3. The van der Waals surface area contributed by atoms with E-state index in [9.17, 15) is 0 Å². The third-order valence-electron chi connectivity index (χ3n) is 6.08. The summed E-state index contributed by atoms with van der Waals surface area (Å²) in [6.07, 6.45) is 1.84. The molecule has 33 heavy (non-hydrogen) atoms. The Balaban J connectivity index is 1.67. The van der Waals surface area contributed by atoms with Crippen LogP contribution in [0.15, 0.2) is 87.9 Å². The smallest absolute Gasteiger partial charge is 0.174 e. The lowest BCUT2D eigenvalue weighted by Gasteiger charge is -2.28. The minimum atomic E-state index is -0.0683. The number of pyridine rings is 1. The molecule has 0 bridgehead atoms. The van der Waals surface area contributed by atoms with Crippen LogP contribution >= 0.6 is 44.1 Å². The maximum Gasteiger partial charge on any atom is 0.174 e. The van der Waals surface area contributed by atoms with Crippen LogP contribution in [0.5, 0.6) is 0 Å². The van der Waals surface area contributed by atoms with Crippen LogP contribution in [0, 0.1) is 13.8 Å². The Morgan fingerprint density at radius 3 is 2.12 bits per heavy atom. The highest BCUT2D eigenvalue weighted by Crippen LogP contribution is 2.43. The molecule has 2 aromatic heterocycles. The summed E-state index contributed by atoms with van der Waals surface area (Å²) in [4.78, 5) is 6.89. The molecule has 0 saturated carbocycles. The Morgan fingerprint density at radius 1 is 0.879 bits per heavy atom. The summed E-state index contributed by atoms with van der Waals surface area (Å²) >= 11 is 13.0. The Hall–Kier alpha value is -2.48. The first-order chi connectivity index (χ1) is 15.9. The number of hydrogen-bond acceptors (Lipinski definition) is 2. The summed E-state index contributed by atoms with van der Waals surface area (Å²) in [6.45, 7) is 4.33. The largest absolute Gasteiger partial charge is 0.351 e. The van der Waals surface area contributed by atoms with Crippen molar-refractivity contribution < 1.29 is 0 Å². The summed E-state index contributed by atoms with van der Waals surface area (Å²) in [5.74, 6) is 0. The molecule has 0 aliphatic carbocycles. The molecule has 4 nitrogen and oxygen atoms in total. The fourth-order valence-electron chi connectivity index (χ4n) is 4.63. The lowest BCUT2D eigenvalue weighted by Crippen LogP contribution is -2.29. The van der Waals surface area contributed by atoms with Crippen LogP contribution in [0.4, 0.5) is 5.69 Å². The summed E-state index contributed by atoms with van der Waals surface area (Å²) < 4.78 is 4.41. The zero-order valence-electron chi connectivity index (χ0n) is 18.2. The number of rotatable bonds is 4.